The van der Waals surface area contributed by atoms with E-state index in [-0.39, 0.29) is 18.7 Å². The first kappa shape index (κ1) is 24.0. The first-order valence-corrected chi connectivity index (χ1v) is 12.1. The van der Waals surface area contributed by atoms with Crippen LogP contribution < -0.4 is 5.73 Å². The molecule has 1 aromatic rings. The predicted octanol–water partition coefficient (Wildman–Crippen LogP) is 6.37. The Morgan fingerprint density at radius 2 is 1.97 bits per heavy atom. The number of hydrogen-bond donors (Lipinski definition) is 3. The van der Waals surface area contributed by atoms with Gasteiger partial charge in [0.25, 0.3) is 0 Å². The van der Waals surface area contributed by atoms with Crippen molar-refractivity contribution in [3.8, 4) is 0 Å². The molecule has 0 amide bonds. The monoisotopic (exact) mass is 460 g/mol. The van der Waals surface area contributed by atoms with Gasteiger partial charge in [-0.15, -0.1) is 22.5 Å². The van der Waals surface area contributed by atoms with Crippen LogP contribution in [0, 0.1) is 10.8 Å². The Morgan fingerprint density at radius 3 is 2.48 bits per heavy atom. The summed E-state index contributed by atoms with van der Waals surface area (Å²) in [5.74, 6) is -2.16. The highest BCUT2D eigenvalue weighted by Gasteiger charge is 2.57. The largest absolute Gasteiger partial charge is 0.384 e. The summed E-state index contributed by atoms with van der Waals surface area (Å²) < 4.78 is 27.8. The third kappa shape index (κ3) is 4.59. The number of nitrogens with zero attached hydrogens (tertiary/aromatic N) is 2. The summed E-state index contributed by atoms with van der Waals surface area (Å²) in [4.78, 5) is 6.61. The van der Waals surface area contributed by atoms with Gasteiger partial charge in [0.2, 0.25) is 5.92 Å². The summed E-state index contributed by atoms with van der Waals surface area (Å²) >= 11 is 9.84. The first-order chi connectivity index (χ1) is 13.6. The zero-order chi connectivity index (χ0) is 22.0. The fourth-order valence-corrected chi connectivity index (χ4v) is 4.38. The topological polar surface area (TPSA) is 65.5 Å². The van der Waals surface area contributed by atoms with Crippen molar-refractivity contribution in [2.45, 2.75) is 45.5 Å². The van der Waals surface area contributed by atoms with Gasteiger partial charge < -0.3 is 10.6 Å². The van der Waals surface area contributed by atoms with Crippen LogP contribution in [-0.2, 0) is 0 Å². The van der Waals surface area contributed by atoms with E-state index in [9.17, 15) is 8.78 Å². The van der Waals surface area contributed by atoms with E-state index in [4.69, 9.17) is 22.7 Å². The van der Waals surface area contributed by atoms with E-state index in [1.165, 1.54) is 10.8 Å². The van der Waals surface area contributed by atoms with Crippen molar-refractivity contribution in [2.24, 2.45) is 16.1 Å². The molecule has 160 valence electrons. The summed E-state index contributed by atoms with van der Waals surface area (Å²) in [6.45, 7) is 8.74. The number of amidine groups is 2. The van der Waals surface area contributed by atoms with Crippen LogP contribution in [-0.4, -0.2) is 35.3 Å². The average Bonchev–Trinajstić information content (AvgIpc) is 3.17. The molecule has 1 aliphatic carbocycles. The SMILES string of the molecule is C=C1c2cc(Cl)cc(C(=N)N)c2N=C2N1CCC21CCC(F)(F)C1.CC.CSS. The fraction of sp³-hybridized carbons (Fsp3) is 0.500. The first-order valence-electron chi connectivity index (χ1n) is 9.43. The van der Waals surface area contributed by atoms with Gasteiger partial charge in [-0.05, 0) is 31.2 Å². The molecule has 1 atom stereocenters. The molecule has 4 nitrogen and oxygen atoms in total. The minimum Gasteiger partial charge on any atom is -0.384 e. The lowest BCUT2D eigenvalue weighted by Gasteiger charge is -2.33. The number of nitrogen functional groups attached to an aromatic ring is 1. The Bertz CT molecular complexity index is 844. The van der Waals surface area contributed by atoms with E-state index >= 15 is 0 Å². The number of fused-ring (bicyclic) bond motifs is 3. The van der Waals surface area contributed by atoms with E-state index < -0.39 is 11.3 Å². The number of halogens is 3. The highest BCUT2D eigenvalue weighted by atomic mass is 35.5. The van der Waals surface area contributed by atoms with Crippen molar-refractivity contribution < 1.29 is 8.78 Å². The molecular formula is C20H27ClF2N4S2. The van der Waals surface area contributed by atoms with E-state index in [1.54, 1.807) is 12.1 Å². The number of nitrogens with one attached hydrogen (secondary N) is 1. The van der Waals surface area contributed by atoms with Crippen LogP contribution in [0.2, 0.25) is 5.02 Å². The second-order valence-corrected chi connectivity index (χ2v) is 8.94. The number of nitrogens with two attached hydrogens (primary N) is 1. The van der Waals surface area contributed by atoms with Crippen LogP contribution in [0.1, 0.15) is 50.7 Å². The van der Waals surface area contributed by atoms with Crippen LogP contribution >= 0.6 is 34.1 Å². The van der Waals surface area contributed by atoms with E-state index in [2.05, 4.69) is 23.2 Å². The molecule has 2 heterocycles. The molecule has 1 aromatic carbocycles. The van der Waals surface area contributed by atoms with Gasteiger partial charge in [0.15, 0.2) is 0 Å². The van der Waals surface area contributed by atoms with E-state index in [1.807, 2.05) is 25.0 Å². The van der Waals surface area contributed by atoms with Gasteiger partial charge in [-0.1, -0.05) is 32.0 Å². The second-order valence-electron chi connectivity index (χ2n) is 7.04. The van der Waals surface area contributed by atoms with Gasteiger partial charge in [0, 0.05) is 46.6 Å². The molecule has 0 bridgehead atoms. The molecule has 4 rings (SSSR count). The second kappa shape index (κ2) is 9.27. The number of aliphatic imine (C=N–C) groups is 1. The molecule has 0 radical (unpaired) electrons. The molecule has 1 unspecified atom stereocenters. The highest BCUT2D eigenvalue weighted by Crippen LogP contribution is 2.56. The van der Waals surface area contributed by atoms with Crippen molar-refractivity contribution in [1.82, 2.24) is 4.90 Å². The smallest absolute Gasteiger partial charge is 0.249 e. The molecule has 1 saturated carbocycles. The van der Waals surface area contributed by atoms with Gasteiger partial charge in [-0.25, -0.2) is 13.8 Å². The lowest BCUT2D eigenvalue weighted by atomic mass is 9.83. The standard InChI is InChI=1S/C17H17ClF2N4.C2H6.CH4S2/c1-9-11-6-10(18)7-12(14(21)22)13(11)23-15-16(4-5-24(9)15)2-3-17(19,20)8-16;1-2;1-3-2/h6-7H,1-5,8H2,(H3,21,22);1-2H3;2H,1H3. The fourth-order valence-electron chi connectivity index (χ4n) is 4.17. The van der Waals surface area contributed by atoms with Gasteiger partial charge in [0.05, 0.1) is 5.69 Å². The Labute approximate surface area is 185 Å². The molecule has 9 heteroatoms. The molecule has 29 heavy (non-hydrogen) atoms. The Hall–Kier alpha value is -1.25. The Balaban J connectivity index is 0.000000551. The van der Waals surface area contributed by atoms with Crippen LogP contribution in [0.15, 0.2) is 23.7 Å². The third-order valence-electron chi connectivity index (χ3n) is 5.33. The third-order valence-corrected chi connectivity index (χ3v) is 5.55. The lowest BCUT2D eigenvalue weighted by molar-refractivity contribution is 0.00193. The number of thiol groups is 1. The minimum atomic E-state index is -2.65. The van der Waals surface area contributed by atoms with Crippen molar-refractivity contribution in [3.05, 3.63) is 34.9 Å². The van der Waals surface area contributed by atoms with Crippen LogP contribution in [0.3, 0.4) is 0 Å². The molecule has 2 fully saturated rings. The molecule has 1 spiro atoms. The van der Waals surface area contributed by atoms with Gasteiger partial charge in [-0.2, -0.15) is 0 Å². The summed E-state index contributed by atoms with van der Waals surface area (Å²) in [6, 6.07) is 3.32. The van der Waals surface area contributed by atoms with Crippen molar-refractivity contribution in [3.63, 3.8) is 0 Å². The Morgan fingerprint density at radius 1 is 1.34 bits per heavy atom. The maximum Gasteiger partial charge on any atom is 0.249 e. The van der Waals surface area contributed by atoms with E-state index in [0.717, 1.165) is 0 Å². The van der Waals surface area contributed by atoms with Crippen LogP contribution in [0.25, 0.3) is 5.70 Å². The van der Waals surface area contributed by atoms with Crippen LogP contribution in [0.4, 0.5) is 14.5 Å². The molecular weight excluding hydrogens is 434 g/mol. The number of benzene rings is 1. The normalized spacial score (nSPS) is 23.3. The number of hydrogen-bond acceptors (Lipinski definition) is 5. The maximum absolute atomic E-state index is 13.9. The summed E-state index contributed by atoms with van der Waals surface area (Å²) in [6.07, 6.45) is 2.67. The molecule has 0 aromatic heterocycles. The Kier molecular flexibility index (Phi) is 7.68. The van der Waals surface area contributed by atoms with E-state index in [0.29, 0.717) is 52.8 Å². The lowest BCUT2D eigenvalue weighted by Crippen LogP contribution is -2.35. The molecule has 3 aliphatic rings. The zero-order valence-corrected chi connectivity index (χ0v) is 19.3. The quantitative estimate of drug-likeness (QED) is 0.197. The molecule has 1 saturated heterocycles. The average molecular weight is 461 g/mol. The summed E-state index contributed by atoms with van der Waals surface area (Å²) in [5, 5.41) is 8.22. The van der Waals surface area contributed by atoms with Gasteiger partial charge in [0.1, 0.15) is 11.7 Å². The van der Waals surface area contributed by atoms with Crippen LogP contribution in [0.5, 0.6) is 0 Å². The zero-order valence-electron chi connectivity index (χ0n) is 16.9. The van der Waals surface area contributed by atoms with Crippen molar-refractivity contribution >= 4 is 57.1 Å². The summed E-state index contributed by atoms with van der Waals surface area (Å²) in [7, 11) is 1.44. The predicted molar refractivity (Wildman–Crippen MR) is 125 cm³/mol. The molecule has 3 N–H and O–H groups in total. The number of rotatable bonds is 1. The minimum absolute atomic E-state index is 0.112. The van der Waals surface area contributed by atoms with Gasteiger partial charge in [-0.3, -0.25) is 5.41 Å². The molecule has 2 aliphatic heterocycles. The summed E-state index contributed by atoms with van der Waals surface area (Å²) in [5.41, 5.74) is 7.38. The van der Waals surface area contributed by atoms with Gasteiger partial charge >= 0.3 is 0 Å². The maximum atomic E-state index is 13.9. The highest BCUT2D eigenvalue weighted by molar-refractivity contribution is 8.68. The number of alkyl halides is 2. The van der Waals surface area contributed by atoms with Crippen molar-refractivity contribution in [1.29, 1.82) is 5.41 Å². The van der Waals surface area contributed by atoms with Crippen molar-refractivity contribution in [2.75, 3.05) is 12.8 Å².